The van der Waals surface area contributed by atoms with Gasteiger partial charge in [-0.2, -0.15) is 4.72 Å². The Kier molecular flexibility index (Phi) is 7.38. The molecule has 31 heavy (non-hydrogen) atoms. The van der Waals surface area contributed by atoms with Gasteiger partial charge >= 0.3 is 5.97 Å². The van der Waals surface area contributed by atoms with Gasteiger partial charge in [0, 0.05) is 17.0 Å². The second-order valence-corrected chi connectivity index (χ2v) is 8.85. The lowest BCUT2D eigenvalue weighted by Gasteiger charge is -2.19. The molecule has 1 atom stereocenters. The molecule has 0 fully saturated rings. The lowest BCUT2D eigenvalue weighted by atomic mass is 10.1. The van der Waals surface area contributed by atoms with Crippen LogP contribution in [0.4, 0.5) is 0 Å². The Morgan fingerprint density at radius 1 is 1.10 bits per heavy atom. The van der Waals surface area contributed by atoms with Crippen molar-refractivity contribution in [3.63, 3.8) is 0 Å². The Balaban J connectivity index is 1.61. The lowest BCUT2D eigenvalue weighted by Crippen LogP contribution is -2.44. The van der Waals surface area contributed by atoms with Crippen LogP contribution in [0.2, 0.25) is 0 Å². The summed E-state index contributed by atoms with van der Waals surface area (Å²) in [6, 6.07) is 19.1. The topological polar surface area (TPSA) is 98.5 Å². The molecule has 8 heteroatoms. The molecule has 0 aliphatic rings. The van der Waals surface area contributed by atoms with E-state index in [1.54, 1.807) is 44.2 Å². The Morgan fingerprint density at radius 3 is 2.39 bits per heavy atom. The molecule has 1 N–H and O–H groups in total. The molecule has 0 spiro atoms. The number of esters is 1. The molecule has 0 amide bonds. The van der Waals surface area contributed by atoms with Crippen LogP contribution in [0.1, 0.15) is 25.1 Å². The van der Waals surface area contributed by atoms with Gasteiger partial charge in [-0.3, -0.25) is 4.79 Å². The second-order valence-electron chi connectivity index (χ2n) is 7.25. The van der Waals surface area contributed by atoms with E-state index in [9.17, 15) is 13.2 Å². The van der Waals surface area contributed by atoms with Gasteiger partial charge in [0.25, 0.3) is 0 Å². The quantitative estimate of drug-likeness (QED) is 0.505. The summed E-state index contributed by atoms with van der Waals surface area (Å²) in [6.45, 7) is 3.35. The smallest absolute Gasteiger partial charge is 0.324 e. The Labute approximate surface area is 181 Å². The maximum Gasteiger partial charge on any atom is 0.324 e. The van der Waals surface area contributed by atoms with Crippen LogP contribution in [-0.2, 0) is 26.2 Å². The van der Waals surface area contributed by atoms with Crippen LogP contribution in [-0.4, -0.2) is 25.6 Å². The summed E-state index contributed by atoms with van der Waals surface area (Å²) in [5.74, 6) is -0.445. The van der Waals surface area contributed by atoms with Crippen LogP contribution in [0, 0.1) is 5.92 Å². The van der Waals surface area contributed by atoms with Crippen LogP contribution in [0.15, 0.2) is 76.7 Å². The first-order valence-corrected chi connectivity index (χ1v) is 11.3. The molecule has 162 valence electrons. The predicted molar refractivity (Wildman–Crippen MR) is 118 cm³/mol. The summed E-state index contributed by atoms with van der Waals surface area (Å²) in [6.07, 6.45) is 1.46. The molecular weight excluding hydrogens is 416 g/mol. The number of ether oxygens (including phenoxy) is 1. The molecule has 3 rings (SSSR count). The van der Waals surface area contributed by atoms with Crippen LogP contribution in [0.25, 0.3) is 17.4 Å². The van der Waals surface area contributed by atoms with E-state index in [0.717, 1.165) is 16.5 Å². The zero-order valence-electron chi connectivity index (χ0n) is 17.3. The molecule has 3 aromatic rings. The number of hydrogen-bond donors (Lipinski definition) is 1. The fourth-order valence-corrected chi connectivity index (χ4v) is 3.90. The molecule has 0 unspecified atom stereocenters. The molecule has 0 saturated heterocycles. The van der Waals surface area contributed by atoms with E-state index in [-0.39, 0.29) is 12.5 Å². The minimum atomic E-state index is -3.85. The summed E-state index contributed by atoms with van der Waals surface area (Å²) in [5.41, 5.74) is 2.02. The monoisotopic (exact) mass is 440 g/mol. The highest BCUT2D eigenvalue weighted by Crippen LogP contribution is 2.20. The summed E-state index contributed by atoms with van der Waals surface area (Å²) < 4.78 is 37.8. The number of hydrogen-bond acceptors (Lipinski definition) is 6. The van der Waals surface area contributed by atoms with Crippen LogP contribution < -0.4 is 4.72 Å². The van der Waals surface area contributed by atoms with Gasteiger partial charge in [-0.1, -0.05) is 79.7 Å². The third-order valence-electron chi connectivity index (χ3n) is 4.43. The predicted octanol–water partition coefficient (Wildman–Crippen LogP) is 4.00. The van der Waals surface area contributed by atoms with Crippen molar-refractivity contribution in [1.29, 1.82) is 0 Å². The number of carbonyl (C=O) groups excluding carboxylic acids is 1. The van der Waals surface area contributed by atoms with E-state index >= 15 is 0 Å². The Hall–Kier alpha value is -3.23. The fraction of sp³-hybridized carbons (Fsp3) is 0.217. The van der Waals surface area contributed by atoms with Crippen molar-refractivity contribution in [2.24, 2.45) is 5.92 Å². The first-order valence-electron chi connectivity index (χ1n) is 9.77. The molecule has 0 bridgehead atoms. The number of aromatic nitrogens is 1. The molecule has 7 nitrogen and oxygen atoms in total. The van der Waals surface area contributed by atoms with E-state index in [2.05, 4.69) is 9.88 Å². The Bertz CT molecular complexity index is 1120. The molecule has 1 aromatic heterocycles. The van der Waals surface area contributed by atoms with Gasteiger partial charge in [0.1, 0.15) is 18.3 Å². The van der Waals surface area contributed by atoms with Crippen molar-refractivity contribution in [1.82, 2.24) is 9.88 Å². The maximum atomic E-state index is 12.6. The summed E-state index contributed by atoms with van der Waals surface area (Å²) in [7, 11) is -3.85. The van der Waals surface area contributed by atoms with E-state index in [0.29, 0.717) is 11.5 Å². The van der Waals surface area contributed by atoms with Gasteiger partial charge in [0.05, 0.1) is 0 Å². The standard InChI is InChI=1S/C23H24N2O5S/c1-17(2)22(25-31(27,28)14-13-18-9-5-3-6-10-18)23(26)29-16-20-15-21(30-24-20)19-11-7-4-8-12-19/h3-15,17,22,25H,16H2,1-2H3/b14-13+/t22-/m0/s1. The number of benzene rings is 2. The van der Waals surface area contributed by atoms with Gasteiger partial charge in [-0.15, -0.1) is 0 Å². The van der Waals surface area contributed by atoms with Gasteiger partial charge in [-0.05, 0) is 17.6 Å². The molecule has 2 aromatic carbocycles. The third kappa shape index (κ3) is 6.63. The lowest BCUT2D eigenvalue weighted by molar-refractivity contribution is -0.148. The zero-order chi connectivity index (χ0) is 22.3. The van der Waals surface area contributed by atoms with Crippen molar-refractivity contribution in [3.8, 4) is 11.3 Å². The molecule has 0 saturated carbocycles. The minimum absolute atomic E-state index is 0.125. The van der Waals surface area contributed by atoms with E-state index in [4.69, 9.17) is 9.26 Å². The van der Waals surface area contributed by atoms with Crippen molar-refractivity contribution >= 4 is 22.1 Å². The van der Waals surface area contributed by atoms with Gasteiger partial charge in [-0.25, -0.2) is 8.42 Å². The first-order chi connectivity index (χ1) is 14.8. The van der Waals surface area contributed by atoms with E-state index in [1.807, 2.05) is 36.4 Å². The number of rotatable bonds is 9. The minimum Gasteiger partial charge on any atom is -0.458 e. The van der Waals surface area contributed by atoms with Crippen molar-refractivity contribution in [2.45, 2.75) is 26.5 Å². The summed E-state index contributed by atoms with van der Waals surface area (Å²) in [5, 5.41) is 4.94. The Morgan fingerprint density at radius 2 is 1.74 bits per heavy atom. The zero-order valence-corrected chi connectivity index (χ0v) is 18.1. The normalized spacial score (nSPS) is 12.9. The van der Waals surface area contributed by atoms with E-state index < -0.39 is 22.0 Å². The SMILES string of the molecule is CC(C)[C@H](NS(=O)(=O)/C=C/c1ccccc1)C(=O)OCc1cc(-c2ccccc2)on1. The summed E-state index contributed by atoms with van der Waals surface area (Å²) in [4.78, 5) is 12.6. The van der Waals surface area contributed by atoms with Gasteiger partial charge in [0.2, 0.25) is 10.0 Å². The van der Waals surface area contributed by atoms with Gasteiger partial charge < -0.3 is 9.26 Å². The largest absolute Gasteiger partial charge is 0.458 e. The third-order valence-corrected chi connectivity index (χ3v) is 5.51. The van der Waals surface area contributed by atoms with Crippen LogP contribution in [0.5, 0.6) is 0 Å². The van der Waals surface area contributed by atoms with Gasteiger partial charge in [0.15, 0.2) is 5.76 Å². The highest BCUT2D eigenvalue weighted by atomic mass is 32.2. The highest BCUT2D eigenvalue weighted by Gasteiger charge is 2.28. The first kappa shape index (κ1) is 22.5. The van der Waals surface area contributed by atoms with E-state index in [1.165, 1.54) is 6.08 Å². The highest BCUT2D eigenvalue weighted by molar-refractivity contribution is 7.92. The van der Waals surface area contributed by atoms with Crippen molar-refractivity contribution in [3.05, 3.63) is 83.4 Å². The molecule has 0 aliphatic carbocycles. The number of carbonyl (C=O) groups is 1. The summed E-state index contributed by atoms with van der Waals surface area (Å²) >= 11 is 0. The fourth-order valence-electron chi connectivity index (χ4n) is 2.76. The molecule has 0 radical (unpaired) electrons. The van der Waals surface area contributed by atoms with Crippen molar-refractivity contribution < 1.29 is 22.5 Å². The number of sulfonamides is 1. The molecule has 0 aliphatic heterocycles. The number of nitrogens with zero attached hydrogens (tertiary/aromatic N) is 1. The second kappa shape index (κ2) is 10.2. The van der Waals surface area contributed by atoms with Crippen LogP contribution in [0.3, 0.4) is 0 Å². The maximum absolute atomic E-state index is 12.6. The van der Waals surface area contributed by atoms with Crippen molar-refractivity contribution in [2.75, 3.05) is 0 Å². The average Bonchev–Trinajstić information content (AvgIpc) is 3.25. The number of nitrogens with one attached hydrogen (secondary N) is 1. The molecular formula is C23H24N2O5S. The van der Waals surface area contributed by atoms with Crippen LogP contribution >= 0.6 is 0 Å². The average molecular weight is 441 g/mol. The molecule has 1 heterocycles.